The van der Waals surface area contributed by atoms with E-state index in [-0.39, 0.29) is 5.91 Å². The van der Waals surface area contributed by atoms with Crippen molar-refractivity contribution >= 4 is 28.6 Å². The molecule has 0 atom stereocenters. The van der Waals surface area contributed by atoms with Gasteiger partial charge in [-0.2, -0.15) is 0 Å². The Morgan fingerprint density at radius 3 is 2.67 bits per heavy atom. The maximum atomic E-state index is 11.5. The van der Waals surface area contributed by atoms with Crippen molar-refractivity contribution in [2.24, 2.45) is 0 Å². The maximum absolute atomic E-state index is 11.5. The Kier molecular flexibility index (Phi) is 5.01. The zero-order valence-electron chi connectivity index (χ0n) is 13.6. The molecule has 0 saturated carbocycles. The van der Waals surface area contributed by atoms with Crippen LogP contribution in [0.3, 0.4) is 0 Å². The van der Waals surface area contributed by atoms with Crippen LogP contribution in [0.4, 0.5) is 0 Å². The number of aromatic nitrogens is 1. The number of benzene rings is 2. The normalized spacial score (nSPS) is 10.6. The van der Waals surface area contributed by atoms with E-state index < -0.39 is 0 Å². The van der Waals surface area contributed by atoms with Gasteiger partial charge in [-0.25, -0.2) is 4.98 Å². The molecule has 1 amide bonds. The summed E-state index contributed by atoms with van der Waals surface area (Å²) in [5.74, 6) is 1.09. The first-order chi connectivity index (χ1) is 11.7. The SMILES string of the molecule is CNC(=O)CSc1cc(-c2ccccc2)c2ccc(OC)cc2n1. The molecular formula is C19H18N2O2S. The second-order valence-corrected chi connectivity index (χ2v) is 6.21. The Morgan fingerprint density at radius 1 is 1.17 bits per heavy atom. The highest BCUT2D eigenvalue weighted by Gasteiger charge is 2.10. The molecule has 0 aliphatic heterocycles. The van der Waals surface area contributed by atoms with Crippen LogP contribution in [0, 0.1) is 0 Å². The van der Waals surface area contributed by atoms with E-state index in [1.54, 1.807) is 14.2 Å². The van der Waals surface area contributed by atoms with Gasteiger partial charge in [0, 0.05) is 18.5 Å². The zero-order chi connectivity index (χ0) is 16.9. The second kappa shape index (κ2) is 7.36. The van der Waals surface area contributed by atoms with Crippen molar-refractivity contribution in [1.82, 2.24) is 10.3 Å². The molecule has 0 spiro atoms. The number of hydrogen-bond acceptors (Lipinski definition) is 4. The lowest BCUT2D eigenvalue weighted by atomic mass is 10.0. The number of pyridine rings is 1. The van der Waals surface area contributed by atoms with E-state index in [0.29, 0.717) is 5.75 Å². The van der Waals surface area contributed by atoms with E-state index in [1.165, 1.54) is 11.8 Å². The first-order valence-corrected chi connectivity index (χ1v) is 8.57. The molecule has 3 rings (SSSR count). The third kappa shape index (κ3) is 3.51. The monoisotopic (exact) mass is 338 g/mol. The second-order valence-electron chi connectivity index (χ2n) is 5.22. The van der Waals surface area contributed by atoms with Crippen molar-refractivity contribution in [1.29, 1.82) is 0 Å². The summed E-state index contributed by atoms with van der Waals surface area (Å²) >= 11 is 1.43. The highest BCUT2D eigenvalue weighted by atomic mass is 32.2. The number of nitrogens with zero attached hydrogens (tertiary/aromatic N) is 1. The van der Waals surface area contributed by atoms with E-state index >= 15 is 0 Å². The van der Waals surface area contributed by atoms with Crippen molar-refractivity contribution in [2.45, 2.75) is 5.03 Å². The Bertz CT molecular complexity index is 866. The van der Waals surface area contributed by atoms with Crippen LogP contribution in [-0.4, -0.2) is 30.8 Å². The van der Waals surface area contributed by atoms with Gasteiger partial charge in [0.05, 0.1) is 23.4 Å². The minimum Gasteiger partial charge on any atom is -0.497 e. The van der Waals surface area contributed by atoms with Crippen LogP contribution in [-0.2, 0) is 4.79 Å². The standard InChI is InChI=1S/C19H18N2O2S/c1-20-18(22)12-24-19-11-16(13-6-4-3-5-7-13)15-9-8-14(23-2)10-17(15)21-19/h3-11H,12H2,1-2H3,(H,20,22). The molecule has 0 aliphatic carbocycles. The third-order valence-electron chi connectivity index (χ3n) is 3.71. The van der Waals surface area contributed by atoms with E-state index in [9.17, 15) is 4.79 Å². The number of hydrogen-bond donors (Lipinski definition) is 1. The van der Waals surface area contributed by atoms with Gasteiger partial charge in [-0.15, -0.1) is 0 Å². The van der Waals surface area contributed by atoms with Gasteiger partial charge in [0.15, 0.2) is 0 Å². The molecule has 3 aromatic rings. The molecule has 0 fully saturated rings. The predicted octanol–water partition coefficient (Wildman–Crippen LogP) is 3.75. The molecule has 1 N–H and O–H groups in total. The number of amides is 1. The van der Waals surface area contributed by atoms with Crippen molar-refractivity contribution in [2.75, 3.05) is 19.9 Å². The van der Waals surface area contributed by atoms with Crippen molar-refractivity contribution in [3.8, 4) is 16.9 Å². The van der Waals surface area contributed by atoms with E-state index in [0.717, 1.165) is 32.8 Å². The number of methoxy groups -OCH3 is 1. The molecule has 0 aliphatic rings. The number of ether oxygens (including phenoxy) is 1. The van der Waals surface area contributed by atoms with Crippen LogP contribution < -0.4 is 10.1 Å². The summed E-state index contributed by atoms with van der Waals surface area (Å²) in [7, 11) is 3.28. The quantitative estimate of drug-likeness (QED) is 0.720. The van der Waals surface area contributed by atoms with Crippen molar-refractivity contribution in [3.05, 3.63) is 54.6 Å². The van der Waals surface area contributed by atoms with Crippen LogP contribution in [0.15, 0.2) is 59.6 Å². The number of carbonyl (C=O) groups is 1. The lowest BCUT2D eigenvalue weighted by molar-refractivity contribution is -0.118. The highest BCUT2D eigenvalue weighted by Crippen LogP contribution is 2.33. The van der Waals surface area contributed by atoms with Gasteiger partial charge in [0.2, 0.25) is 5.91 Å². The summed E-state index contributed by atoms with van der Waals surface area (Å²) in [5, 5.41) is 4.51. The fourth-order valence-electron chi connectivity index (χ4n) is 2.45. The molecule has 0 saturated heterocycles. The maximum Gasteiger partial charge on any atom is 0.230 e. The Balaban J connectivity index is 2.11. The number of carbonyl (C=O) groups excluding carboxylic acids is 1. The topological polar surface area (TPSA) is 51.2 Å². The van der Waals surface area contributed by atoms with Crippen molar-refractivity contribution < 1.29 is 9.53 Å². The molecule has 122 valence electrons. The molecule has 0 bridgehead atoms. The van der Waals surface area contributed by atoms with Gasteiger partial charge >= 0.3 is 0 Å². The molecule has 2 aromatic carbocycles. The zero-order valence-corrected chi connectivity index (χ0v) is 14.4. The average Bonchev–Trinajstić information content (AvgIpc) is 2.65. The fraction of sp³-hybridized carbons (Fsp3) is 0.158. The van der Waals surface area contributed by atoms with Gasteiger partial charge in [-0.05, 0) is 29.3 Å². The smallest absolute Gasteiger partial charge is 0.230 e. The van der Waals surface area contributed by atoms with E-state index in [4.69, 9.17) is 4.74 Å². The predicted molar refractivity (Wildman–Crippen MR) is 98.5 cm³/mol. The van der Waals surface area contributed by atoms with Gasteiger partial charge in [0.25, 0.3) is 0 Å². The Hall–Kier alpha value is -2.53. The summed E-state index contributed by atoms with van der Waals surface area (Å²) in [6.07, 6.45) is 0. The lowest BCUT2D eigenvalue weighted by Gasteiger charge is -2.11. The number of nitrogens with one attached hydrogen (secondary N) is 1. The molecule has 1 aromatic heterocycles. The minimum atomic E-state index is -0.0196. The summed E-state index contributed by atoms with van der Waals surface area (Å²) in [6, 6.07) is 18.1. The van der Waals surface area contributed by atoms with Crippen LogP contribution in [0.5, 0.6) is 5.75 Å². The van der Waals surface area contributed by atoms with Gasteiger partial charge in [-0.1, -0.05) is 42.1 Å². The van der Waals surface area contributed by atoms with E-state index in [1.807, 2.05) is 42.5 Å². The largest absolute Gasteiger partial charge is 0.497 e. The van der Waals surface area contributed by atoms with Gasteiger partial charge < -0.3 is 10.1 Å². The Labute approximate surface area is 145 Å². The molecule has 0 radical (unpaired) electrons. The fourth-order valence-corrected chi connectivity index (χ4v) is 3.24. The Morgan fingerprint density at radius 2 is 1.96 bits per heavy atom. The van der Waals surface area contributed by atoms with Crippen LogP contribution in [0.25, 0.3) is 22.0 Å². The van der Waals surface area contributed by atoms with Crippen molar-refractivity contribution in [3.63, 3.8) is 0 Å². The van der Waals surface area contributed by atoms with Crippen LogP contribution in [0.1, 0.15) is 0 Å². The average molecular weight is 338 g/mol. The molecule has 1 heterocycles. The minimum absolute atomic E-state index is 0.0196. The molecule has 4 nitrogen and oxygen atoms in total. The summed E-state index contributed by atoms with van der Waals surface area (Å²) in [6.45, 7) is 0. The molecular weight excluding hydrogens is 320 g/mol. The lowest BCUT2D eigenvalue weighted by Crippen LogP contribution is -2.19. The van der Waals surface area contributed by atoms with Gasteiger partial charge in [-0.3, -0.25) is 4.79 Å². The molecule has 0 unspecified atom stereocenters. The first kappa shape index (κ1) is 16.3. The summed E-state index contributed by atoms with van der Waals surface area (Å²) in [4.78, 5) is 16.2. The highest BCUT2D eigenvalue weighted by molar-refractivity contribution is 7.99. The first-order valence-electron chi connectivity index (χ1n) is 7.59. The summed E-state index contributed by atoms with van der Waals surface area (Å²) < 4.78 is 5.31. The van der Waals surface area contributed by atoms with Gasteiger partial charge in [0.1, 0.15) is 5.75 Å². The molecule has 24 heavy (non-hydrogen) atoms. The van der Waals surface area contributed by atoms with Crippen LogP contribution >= 0.6 is 11.8 Å². The van der Waals surface area contributed by atoms with Crippen LogP contribution in [0.2, 0.25) is 0 Å². The third-order valence-corrected chi connectivity index (χ3v) is 4.62. The number of thioether (sulfide) groups is 1. The number of fused-ring (bicyclic) bond motifs is 1. The number of rotatable bonds is 5. The van der Waals surface area contributed by atoms with E-state index in [2.05, 4.69) is 22.4 Å². The summed E-state index contributed by atoms with van der Waals surface area (Å²) in [5.41, 5.74) is 3.08. The molecule has 5 heteroatoms.